The minimum Gasteiger partial charge on any atom is -0.396 e. The molecule has 0 spiro atoms. The van der Waals surface area contributed by atoms with Crippen molar-refractivity contribution in [3.63, 3.8) is 0 Å². The molecule has 0 saturated carbocycles. The van der Waals surface area contributed by atoms with Crippen molar-refractivity contribution in [2.24, 2.45) is 0 Å². The molecule has 5 heteroatoms. The molecule has 0 aliphatic rings. The molecule has 2 aromatic rings. The fourth-order valence-electron chi connectivity index (χ4n) is 1.42. The first-order valence-corrected chi connectivity index (χ1v) is 4.93. The van der Waals surface area contributed by atoms with Gasteiger partial charge in [0.05, 0.1) is 10.7 Å². The molecule has 2 rings (SSSR count). The fourth-order valence-corrected chi connectivity index (χ4v) is 1.68. The average Bonchev–Trinajstić information content (AvgIpc) is 2.23. The third kappa shape index (κ3) is 1.79. The highest BCUT2D eigenvalue weighted by Gasteiger charge is 2.10. The zero-order valence-corrected chi connectivity index (χ0v) is 9.00. The van der Waals surface area contributed by atoms with Crippen molar-refractivity contribution < 1.29 is 4.39 Å². The lowest BCUT2D eigenvalue weighted by atomic mass is 10.1. The van der Waals surface area contributed by atoms with E-state index in [0.29, 0.717) is 16.1 Å². The van der Waals surface area contributed by atoms with Gasteiger partial charge in [0.15, 0.2) is 0 Å². The monoisotopic (exact) mass is 237 g/mol. The van der Waals surface area contributed by atoms with Crippen molar-refractivity contribution in [2.75, 3.05) is 11.5 Å². The Labute approximate surface area is 96.9 Å². The van der Waals surface area contributed by atoms with Gasteiger partial charge in [0.1, 0.15) is 11.6 Å². The number of benzene rings is 1. The van der Waals surface area contributed by atoms with E-state index in [0.717, 1.165) is 0 Å². The van der Waals surface area contributed by atoms with Gasteiger partial charge in [-0.1, -0.05) is 17.7 Å². The van der Waals surface area contributed by atoms with Gasteiger partial charge in [0.25, 0.3) is 0 Å². The number of pyridine rings is 1. The fraction of sp³-hybridized carbons (Fsp3) is 0. The summed E-state index contributed by atoms with van der Waals surface area (Å²) in [6.45, 7) is 0. The van der Waals surface area contributed by atoms with E-state index in [9.17, 15) is 4.39 Å². The van der Waals surface area contributed by atoms with E-state index in [2.05, 4.69) is 4.98 Å². The molecule has 1 heterocycles. The highest BCUT2D eigenvalue weighted by atomic mass is 35.5. The molecule has 0 atom stereocenters. The van der Waals surface area contributed by atoms with Crippen molar-refractivity contribution in [1.82, 2.24) is 4.98 Å². The quantitative estimate of drug-likeness (QED) is 0.750. The maximum absolute atomic E-state index is 13.3. The number of aromatic nitrogens is 1. The lowest BCUT2D eigenvalue weighted by molar-refractivity contribution is 0.633. The maximum Gasteiger partial charge on any atom is 0.146 e. The Bertz CT molecular complexity index is 522. The van der Waals surface area contributed by atoms with E-state index in [1.54, 1.807) is 12.1 Å². The first-order valence-electron chi connectivity index (χ1n) is 4.55. The van der Waals surface area contributed by atoms with Crippen LogP contribution in [0.15, 0.2) is 30.5 Å². The van der Waals surface area contributed by atoms with Gasteiger partial charge >= 0.3 is 0 Å². The lowest BCUT2D eigenvalue weighted by Crippen LogP contribution is -1.96. The number of anilines is 2. The van der Waals surface area contributed by atoms with Gasteiger partial charge in [0, 0.05) is 11.8 Å². The largest absolute Gasteiger partial charge is 0.396 e. The van der Waals surface area contributed by atoms with Crippen LogP contribution in [0, 0.1) is 5.82 Å². The normalized spacial score (nSPS) is 10.4. The molecule has 1 aromatic heterocycles. The van der Waals surface area contributed by atoms with E-state index < -0.39 is 5.82 Å². The van der Waals surface area contributed by atoms with Crippen molar-refractivity contribution >= 4 is 23.1 Å². The highest BCUT2D eigenvalue weighted by Crippen LogP contribution is 2.32. The maximum atomic E-state index is 13.3. The molecule has 4 N–H and O–H groups in total. The van der Waals surface area contributed by atoms with E-state index in [4.69, 9.17) is 23.1 Å². The van der Waals surface area contributed by atoms with Gasteiger partial charge in [-0.2, -0.15) is 0 Å². The molecule has 0 radical (unpaired) electrons. The second-order valence-electron chi connectivity index (χ2n) is 3.29. The van der Waals surface area contributed by atoms with Gasteiger partial charge < -0.3 is 11.5 Å². The molecule has 16 heavy (non-hydrogen) atoms. The van der Waals surface area contributed by atoms with Crippen molar-refractivity contribution in [3.05, 3.63) is 41.3 Å². The van der Waals surface area contributed by atoms with E-state index in [-0.39, 0.29) is 11.5 Å². The Morgan fingerprint density at radius 3 is 2.56 bits per heavy atom. The molecular formula is C11H9ClFN3. The summed E-state index contributed by atoms with van der Waals surface area (Å²) in [6.07, 6.45) is 1.49. The smallest absolute Gasteiger partial charge is 0.146 e. The number of rotatable bonds is 1. The second-order valence-corrected chi connectivity index (χ2v) is 3.70. The Morgan fingerprint density at radius 2 is 1.94 bits per heavy atom. The van der Waals surface area contributed by atoms with Crippen molar-refractivity contribution in [1.29, 1.82) is 0 Å². The van der Waals surface area contributed by atoms with Crippen LogP contribution in [0.2, 0.25) is 5.02 Å². The molecule has 0 amide bonds. The summed E-state index contributed by atoms with van der Waals surface area (Å²) in [5.74, 6) is -0.242. The van der Waals surface area contributed by atoms with Crippen LogP contribution in [0.1, 0.15) is 0 Å². The predicted octanol–water partition coefficient (Wildman–Crippen LogP) is 2.71. The van der Waals surface area contributed by atoms with Crippen LogP contribution in [0.3, 0.4) is 0 Å². The van der Waals surface area contributed by atoms with Gasteiger partial charge in [-0.15, -0.1) is 0 Å². The molecule has 0 fully saturated rings. The first kappa shape index (κ1) is 10.7. The lowest BCUT2D eigenvalue weighted by Gasteiger charge is -2.07. The van der Waals surface area contributed by atoms with E-state index in [1.807, 2.05) is 0 Å². The summed E-state index contributed by atoms with van der Waals surface area (Å²) < 4.78 is 13.3. The van der Waals surface area contributed by atoms with Gasteiger partial charge in [0.2, 0.25) is 0 Å². The number of hydrogen-bond acceptors (Lipinski definition) is 3. The summed E-state index contributed by atoms with van der Waals surface area (Å²) in [5.41, 5.74) is 12.2. The molecule has 0 aliphatic carbocycles. The summed E-state index contributed by atoms with van der Waals surface area (Å²) >= 11 is 5.98. The molecule has 0 aliphatic heterocycles. The highest BCUT2D eigenvalue weighted by molar-refractivity contribution is 6.33. The average molecular weight is 238 g/mol. The van der Waals surface area contributed by atoms with E-state index in [1.165, 1.54) is 18.3 Å². The summed E-state index contributed by atoms with van der Waals surface area (Å²) in [6, 6.07) is 6.00. The number of nitrogens with zero attached hydrogens (tertiary/aromatic N) is 1. The molecule has 1 aromatic carbocycles. The number of nitrogens with two attached hydrogens (primary N) is 2. The van der Waals surface area contributed by atoms with Gasteiger partial charge in [-0.25, -0.2) is 9.37 Å². The molecule has 0 unspecified atom stereocenters. The molecule has 0 saturated heterocycles. The first-order chi connectivity index (χ1) is 7.59. The van der Waals surface area contributed by atoms with Crippen LogP contribution in [0.25, 0.3) is 11.1 Å². The van der Waals surface area contributed by atoms with Crippen molar-refractivity contribution in [3.8, 4) is 11.1 Å². The Balaban J connectivity index is 2.63. The minimum atomic E-state index is -0.503. The second kappa shape index (κ2) is 3.98. The zero-order valence-electron chi connectivity index (χ0n) is 8.24. The van der Waals surface area contributed by atoms with Crippen LogP contribution >= 0.6 is 11.6 Å². The summed E-state index contributed by atoms with van der Waals surface area (Å²) in [5, 5.41) is 0.427. The topological polar surface area (TPSA) is 64.9 Å². The summed E-state index contributed by atoms with van der Waals surface area (Å²) in [7, 11) is 0. The Morgan fingerprint density at radius 1 is 1.19 bits per heavy atom. The molecular weight excluding hydrogens is 229 g/mol. The van der Waals surface area contributed by atoms with Gasteiger partial charge in [-0.3, -0.25) is 0 Å². The van der Waals surface area contributed by atoms with Crippen LogP contribution in [-0.2, 0) is 0 Å². The Hall–Kier alpha value is -1.81. The Kier molecular flexibility index (Phi) is 2.66. The number of halogens is 2. The van der Waals surface area contributed by atoms with Crippen LogP contribution in [0.5, 0.6) is 0 Å². The van der Waals surface area contributed by atoms with Crippen LogP contribution in [0.4, 0.5) is 15.9 Å². The zero-order chi connectivity index (χ0) is 11.7. The number of nitrogen functional groups attached to an aromatic ring is 2. The third-order valence-corrected chi connectivity index (χ3v) is 2.53. The molecule has 3 nitrogen and oxygen atoms in total. The van der Waals surface area contributed by atoms with Gasteiger partial charge in [-0.05, 0) is 23.8 Å². The van der Waals surface area contributed by atoms with Crippen LogP contribution < -0.4 is 11.5 Å². The van der Waals surface area contributed by atoms with E-state index >= 15 is 0 Å². The van der Waals surface area contributed by atoms with Crippen LogP contribution in [-0.4, -0.2) is 4.98 Å². The SMILES string of the molecule is Nc1ccc(-c2c(Cl)ccnc2N)cc1F. The van der Waals surface area contributed by atoms with Crippen molar-refractivity contribution in [2.45, 2.75) is 0 Å². The molecule has 82 valence electrons. The summed E-state index contributed by atoms with van der Waals surface area (Å²) in [4.78, 5) is 3.91. The third-order valence-electron chi connectivity index (χ3n) is 2.22. The predicted molar refractivity (Wildman–Crippen MR) is 63.5 cm³/mol. The standard InChI is InChI=1S/C11H9ClFN3/c12-7-3-4-16-11(15)10(7)6-1-2-9(14)8(13)5-6/h1-5H,14H2,(H2,15,16). The number of hydrogen-bond donors (Lipinski definition) is 2. The molecule has 0 bridgehead atoms. The minimum absolute atomic E-state index is 0.0855.